The van der Waals surface area contributed by atoms with E-state index < -0.39 is 12.0 Å². The number of nitrogens with one attached hydrogen (secondary N) is 1. The van der Waals surface area contributed by atoms with Crippen molar-refractivity contribution >= 4 is 23.6 Å². The Hall–Kier alpha value is -1.49. The second-order valence-electron chi connectivity index (χ2n) is 4.47. The van der Waals surface area contributed by atoms with E-state index in [4.69, 9.17) is 5.11 Å². The average Bonchev–Trinajstić information content (AvgIpc) is 2.33. The minimum atomic E-state index is -1.02. The van der Waals surface area contributed by atoms with E-state index in [0.29, 0.717) is 12.2 Å². The Morgan fingerprint density at radius 2 is 2.00 bits per heavy atom. The van der Waals surface area contributed by atoms with Crippen molar-refractivity contribution in [2.75, 3.05) is 5.75 Å². The van der Waals surface area contributed by atoms with Crippen molar-refractivity contribution < 1.29 is 14.7 Å². The SMILES string of the molecule is Cc1ccc(SCCC(=O)N[C@@H](C)C(=O)O)cc1C. The second kappa shape index (κ2) is 7.19. The number of aliphatic carboxylic acids is 1. The first-order chi connectivity index (χ1) is 8.90. The van der Waals surface area contributed by atoms with Gasteiger partial charge in [-0.1, -0.05) is 6.07 Å². The van der Waals surface area contributed by atoms with Crippen molar-refractivity contribution in [3.8, 4) is 0 Å². The molecule has 4 nitrogen and oxygen atoms in total. The van der Waals surface area contributed by atoms with Crippen LogP contribution < -0.4 is 5.32 Å². The summed E-state index contributed by atoms with van der Waals surface area (Å²) in [5.74, 6) is -0.609. The van der Waals surface area contributed by atoms with E-state index in [1.54, 1.807) is 11.8 Å². The standard InChI is InChI=1S/C14H19NO3S/c1-9-4-5-12(8-10(9)2)19-7-6-13(16)15-11(3)14(17)18/h4-5,8,11H,6-7H2,1-3H3,(H,15,16)(H,17,18)/t11-/m0/s1. The number of rotatable bonds is 6. The van der Waals surface area contributed by atoms with Crippen LogP contribution >= 0.6 is 11.8 Å². The summed E-state index contributed by atoms with van der Waals surface area (Å²) in [5.41, 5.74) is 2.48. The molecule has 0 spiro atoms. The molecule has 0 radical (unpaired) electrons. The van der Waals surface area contributed by atoms with Crippen LogP contribution in [-0.2, 0) is 9.59 Å². The van der Waals surface area contributed by atoms with Gasteiger partial charge in [0.25, 0.3) is 0 Å². The van der Waals surface area contributed by atoms with Crippen LogP contribution in [0.1, 0.15) is 24.5 Å². The lowest BCUT2D eigenvalue weighted by Crippen LogP contribution is -2.38. The minimum absolute atomic E-state index is 0.230. The summed E-state index contributed by atoms with van der Waals surface area (Å²) in [6.45, 7) is 5.57. The van der Waals surface area contributed by atoms with Crippen molar-refractivity contribution in [2.24, 2.45) is 0 Å². The molecule has 0 saturated carbocycles. The quantitative estimate of drug-likeness (QED) is 0.786. The Labute approximate surface area is 117 Å². The van der Waals surface area contributed by atoms with Crippen LogP contribution in [0.4, 0.5) is 0 Å². The number of carboxylic acids is 1. The summed E-state index contributed by atoms with van der Waals surface area (Å²) < 4.78 is 0. The van der Waals surface area contributed by atoms with Crippen molar-refractivity contribution in [1.29, 1.82) is 0 Å². The maximum absolute atomic E-state index is 11.5. The van der Waals surface area contributed by atoms with Crippen LogP contribution in [0, 0.1) is 13.8 Å². The van der Waals surface area contributed by atoms with Crippen LogP contribution in [0.15, 0.2) is 23.1 Å². The van der Waals surface area contributed by atoms with E-state index in [1.165, 1.54) is 18.1 Å². The van der Waals surface area contributed by atoms with Crippen LogP contribution in [0.3, 0.4) is 0 Å². The smallest absolute Gasteiger partial charge is 0.325 e. The fourth-order valence-corrected chi connectivity index (χ4v) is 2.39. The van der Waals surface area contributed by atoms with Gasteiger partial charge >= 0.3 is 5.97 Å². The fourth-order valence-electron chi connectivity index (χ4n) is 1.44. The highest BCUT2D eigenvalue weighted by Gasteiger charge is 2.13. The molecule has 0 aromatic heterocycles. The van der Waals surface area contributed by atoms with Gasteiger partial charge in [0.1, 0.15) is 6.04 Å². The Morgan fingerprint density at radius 3 is 2.58 bits per heavy atom. The Bertz CT molecular complexity index is 474. The molecule has 0 aliphatic rings. The summed E-state index contributed by atoms with van der Waals surface area (Å²) in [4.78, 5) is 23.2. The van der Waals surface area contributed by atoms with Gasteiger partial charge in [-0.05, 0) is 44.0 Å². The highest BCUT2D eigenvalue weighted by molar-refractivity contribution is 7.99. The van der Waals surface area contributed by atoms with E-state index in [1.807, 2.05) is 6.07 Å². The number of aryl methyl sites for hydroxylation is 2. The molecule has 0 fully saturated rings. The van der Waals surface area contributed by atoms with Gasteiger partial charge in [0.05, 0.1) is 0 Å². The van der Waals surface area contributed by atoms with Crippen molar-refractivity contribution in [2.45, 2.75) is 38.1 Å². The zero-order chi connectivity index (χ0) is 14.4. The van der Waals surface area contributed by atoms with E-state index in [9.17, 15) is 9.59 Å². The Balaban J connectivity index is 2.35. The molecule has 1 aromatic rings. The molecular formula is C14H19NO3S. The number of hydrogen-bond acceptors (Lipinski definition) is 3. The van der Waals surface area contributed by atoms with Crippen molar-refractivity contribution in [1.82, 2.24) is 5.32 Å². The number of carbonyl (C=O) groups is 2. The van der Waals surface area contributed by atoms with Crippen LogP contribution in [-0.4, -0.2) is 28.8 Å². The summed E-state index contributed by atoms with van der Waals surface area (Å²) in [6, 6.07) is 5.35. The molecule has 19 heavy (non-hydrogen) atoms. The predicted octanol–water partition coefficient (Wildman–Crippen LogP) is 2.37. The third-order valence-electron chi connectivity index (χ3n) is 2.82. The van der Waals surface area contributed by atoms with E-state index in [2.05, 4.69) is 31.3 Å². The molecule has 2 N–H and O–H groups in total. The molecule has 5 heteroatoms. The summed E-state index contributed by atoms with van der Waals surface area (Å²) in [5, 5.41) is 11.1. The van der Waals surface area contributed by atoms with Gasteiger partial charge in [-0.25, -0.2) is 0 Å². The number of carboxylic acid groups (broad SMARTS) is 1. The van der Waals surface area contributed by atoms with Gasteiger partial charge in [-0.3, -0.25) is 9.59 Å². The molecule has 1 amide bonds. The van der Waals surface area contributed by atoms with Gasteiger partial charge in [-0.2, -0.15) is 0 Å². The van der Waals surface area contributed by atoms with E-state index >= 15 is 0 Å². The Kier molecular flexibility index (Phi) is 5.89. The molecule has 1 rings (SSSR count). The molecule has 1 atom stereocenters. The molecule has 0 aliphatic carbocycles. The molecule has 0 aliphatic heterocycles. The first kappa shape index (κ1) is 15.6. The van der Waals surface area contributed by atoms with Crippen LogP contribution in [0.25, 0.3) is 0 Å². The van der Waals surface area contributed by atoms with Crippen molar-refractivity contribution in [3.63, 3.8) is 0 Å². The molecule has 0 saturated heterocycles. The first-order valence-corrected chi connectivity index (χ1v) is 7.11. The van der Waals surface area contributed by atoms with Crippen LogP contribution in [0.2, 0.25) is 0 Å². The third-order valence-corrected chi connectivity index (χ3v) is 3.82. The summed E-state index contributed by atoms with van der Waals surface area (Å²) in [7, 11) is 0. The lowest BCUT2D eigenvalue weighted by Gasteiger charge is -2.09. The highest BCUT2D eigenvalue weighted by Crippen LogP contribution is 2.21. The van der Waals surface area contributed by atoms with Crippen LogP contribution in [0.5, 0.6) is 0 Å². The lowest BCUT2D eigenvalue weighted by molar-refractivity contribution is -0.141. The molecular weight excluding hydrogens is 262 g/mol. The monoisotopic (exact) mass is 281 g/mol. The zero-order valence-electron chi connectivity index (χ0n) is 11.4. The molecule has 104 valence electrons. The number of thioether (sulfide) groups is 1. The summed E-state index contributed by atoms with van der Waals surface area (Å²) in [6.07, 6.45) is 0.315. The lowest BCUT2D eigenvalue weighted by atomic mass is 10.1. The summed E-state index contributed by atoms with van der Waals surface area (Å²) >= 11 is 1.60. The molecule has 1 aromatic carbocycles. The predicted molar refractivity (Wildman–Crippen MR) is 76.5 cm³/mol. The largest absolute Gasteiger partial charge is 0.480 e. The highest BCUT2D eigenvalue weighted by atomic mass is 32.2. The molecule has 0 heterocycles. The van der Waals surface area contributed by atoms with Gasteiger partial charge in [0, 0.05) is 17.1 Å². The zero-order valence-corrected chi connectivity index (χ0v) is 12.2. The topological polar surface area (TPSA) is 66.4 Å². The van der Waals surface area contributed by atoms with Gasteiger partial charge in [0.2, 0.25) is 5.91 Å². The van der Waals surface area contributed by atoms with Crippen molar-refractivity contribution in [3.05, 3.63) is 29.3 Å². The average molecular weight is 281 g/mol. The third kappa shape index (κ3) is 5.34. The second-order valence-corrected chi connectivity index (χ2v) is 5.64. The first-order valence-electron chi connectivity index (χ1n) is 6.12. The maximum Gasteiger partial charge on any atom is 0.325 e. The van der Waals surface area contributed by atoms with E-state index in [-0.39, 0.29) is 5.91 Å². The van der Waals surface area contributed by atoms with Gasteiger partial charge in [-0.15, -0.1) is 11.8 Å². The number of hydrogen-bond donors (Lipinski definition) is 2. The normalized spacial score (nSPS) is 11.9. The molecule has 0 bridgehead atoms. The Morgan fingerprint density at radius 1 is 1.32 bits per heavy atom. The molecule has 0 unspecified atom stereocenters. The van der Waals surface area contributed by atoms with Gasteiger partial charge < -0.3 is 10.4 Å². The van der Waals surface area contributed by atoms with Gasteiger partial charge in [0.15, 0.2) is 0 Å². The number of amides is 1. The number of carbonyl (C=O) groups excluding carboxylic acids is 1. The minimum Gasteiger partial charge on any atom is -0.480 e. The maximum atomic E-state index is 11.5. The fraction of sp³-hybridized carbons (Fsp3) is 0.429. The number of benzene rings is 1. The van der Waals surface area contributed by atoms with E-state index in [0.717, 1.165) is 4.90 Å².